The van der Waals surface area contributed by atoms with Gasteiger partial charge in [0.1, 0.15) is 5.82 Å². The van der Waals surface area contributed by atoms with Gasteiger partial charge >= 0.3 is 0 Å². The van der Waals surface area contributed by atoms with Crippen LogP contribution in [0.4, 0.5) is 10.1 Å². The van der Waals surface area contributed by atoms with Crippen molar-refractivity contribution in [2.24, 2.45) is 0 Å². The third kappa shape index (κ3) is 3.45. The van der Waals surface area contributed by atoms with Gasteiger partial charge in [-0.3, -0.25) is 4.72 Å². The van der Waals surface area contributed by atoms with Gasteiger partial charge in [0.15, 0.2) is 0 Å². The first-order valence-corrected chi connectivity index (χ1v) is 10.2. The third-order valence-corrected chi connectivity index (χ3v) is 6.06. The zero-order chi connectivity index (χ0) is 19.0. The largest absolute Gasteiger partial charge is 0.278 e. The van der Waals surface area contributed by atoms with E-state index in [2.05, 4.69) is 25.8 Å². The van der Waals surface area contributed by atoms with E-state index in [0.717, 1.165) is 10.9 Å². The van der Waals surface area contributed by atoms with Gasteiger partial charge in [0.2, 0.25) is 0 Å². The highest BCUT2D eigenvalue weighted by Crippen LogP contribution is 2.31. The van der Waals surface area contributed by atoms with Gasteiger partial charge in [-0.2, -0.15) is 5.10 Å². The molecule has 1 aromatic heterocycles. The lowest BCUT2D eigenvalue weighted by Crippen LogP contribution is -2.13. The van der Waals surface area contributed by atoms with E-state index in [1.165, 1.54) is 24.3 Å². The molecule has 0 fully saturated rings. The summed E-state index contributed by atoms with van der Waals surface area (Å²) in [7, 11) is -3.70. The first-order chi connectivity index (χ1) is 12.9. The highest BCUT2D eigenvalue weighted by Gasteiger charge is 2.17. The number of hydrogen-bond acceptors (Lipinski definition) is 3. The smallest absolute Gasteiger partial charge is 0.261 e. The highest BCUT2D eigenvalue weighted by molar-refractivity contribution is 9.10. The van der Waals surface area contributed by atoms with Crippen molar-refractivity contribution in [3.8, 4) is 5.69 Å². The second-order valence-electron chi connectivity index (χ2n) is 5.84. The van der Waals surface area contributed by atoms with Crippen molar-refractivity contribution in [2.45, 2.75) is 4.90 Å². The molecule has 0 radical (unpaired) electrons. The molecule has 136 valence electrons. The molecule has 0 atom stereocenters. The van der Waals surface area contributed by atoms with Crippen LogP contribution in [0, 0.1) is 5.82 Å². The van der Waals surface area contributed by atoms with Crippen LogP contribution in [0.15, 0.2) is 82.3 Å². The van der Waals surface area contributed by atoms with Crippen molar-refractivity contribution in [3.05, 3.63) is 83.2 Å². The molecule has 27 heavy (non-hydrogen) atoms. The molecular formula is C19H13BrFN3O2S. The molecule has 0 aliphatic heterocycles. The Morgan fingerprint density at radius 1 is 1.00 bits per heavy atom. The molecule has 0 amide bonds. The number of hydrogen-bond donors (Lipinski definition) is 1. The molecule has 1 N–H and O–H groups in total. The normalized spacial score (nSPS) is 11.6. The van der Waals surface area contributed by atoms with E-state index in [0.29, 0.717) is 15.8 Å². The minimum atomic E-state index is -3.70. The lowest BCUT2D eigenvalue weighted by molar-refractivity contribution is 0.601. The molecule has 0 saturated carbocycles. The van der Waals surface area contributed by atoms with Gasteiger partial charge in [-0.15, -0.1) is 0 Å². The SMILES string of the molecule is O=S(=O)(Nc1cc2cnn(-c3ccc(F)cc3)c2cc1Br)c1ccccc1. The van der Waals surface area contributed by atoms with Gasteiger partial charge in [0.25, 0.3) is 10.0 Å². The number of sulfonamides is 1. The monoisotopic (exact) mass is 445 g/mol. The Labute approximate surface area is 163 Å². The van der Waals surface area contributed by atoms with E-state index in [1.54, 1.807) is 53.3 Å². The van der Waals surface area contributed by atoms with Gasteiger partial charge in [-0.05, 0) is 64.5 Å². The quantitative estimate of drug-likeness (QED) is 0.493. The fourth-order valence-corrected chi connectivity index (χ4v) is 4.37. The summed E-state index contributed by atoms with van der Waals surface area (Å²) in [5, 5.41) is 5.07. The van der Waals surface area contributed by atoms with Gasteiger partial charge in [0.05, 0.1) is 28.0 Å². The van der Waals surface area contributed by atoms with Crippen molar-refractivity contribution < 1.29 is 12.8 Å². The molecule has 4 aromatic rings. The summed E-state index contributed by atoms with van der Waals surface area (Å²) in [4.78, 5) is 0.180. The van der Waals surface area contributed by atoms with Crippen molar-refractivity contribution in [1.82, 2.24) is 9.78 Å². The Balaban J connectivity index is 1.74. The molecular weight excluding hydrogens is 433 g/mol. The van der Waals surface area contributed by atoms with Gasteiger partial charge < -0.3 is 0 Å². The lowest BCUT2D eigenvalue weighted by Gasteiger charge is -2.11. The van der Waals surface area contributed by atoms with E-state index in [4.69, 9.17) is 0 Å². The number of halogens is 2. The Morgan fingerprint density at radius 2 is 1.70 bits per heavy atom. The zero-order valence-electron chi connectivity index (χ0n) is 13.8. The molecule has 3 aromatic carbocycles. The molecule has 0 unspecified atom stereocenters. The van der Waals surface area contributed by atoms with Gasteiger partial charge in [-0.25, -0.2) is 17.5 Å². The Kier molecular flexibility index (Phi) is 4.45. The predicted molar refractivity (Wildman–Crippen MR) is 106 cm³/mol. The molecule has 5 nitrogen and oxygen atoms in total. The first kappa shape index (κ1) is 17.7. The minimum absolute atomic E-state index is 0.180. The average Bonchev–Trinajstić information content (AvgIpc) is 3.06. The van der Waals surface area contributed by atoms with Crippen LogP contribution >= 0.6 is 15.9 Å². The Hall–Kier alpha value is -2.71. The summed E-state index contributed by atoms with van der Waals surface area (Å²) in [5.74, 6) is -0.325. The third-order valence-electron chi connectivity index (χ3n) is 4.03. The van der Waals surface area contributed by atoms with Crippen LogP contribution in [0.25, 0.3) is 16.6 Å². The van der Waals surface area contributed by atoms with Crippen molar-refractivity contribution in [3.63, 3.8) is 0 Å². The van der Waals surface area contributed by atoms with Crippen LogP contribution in [-0.2, 0) is 10.0 Å². The molecule has 0 aliphatic rings. The van der Waals surface area contributed by atoms with Crippen LogP contribution in [0.5, 0.6) is 0 Å². The van der Waals surface area contributed by atoms with Crippen LogP contribution in [0.1, 0.15) is 0 Å². The highest BCUT2D eigenvalue weighted by atomic mass is 79.9. The number of fused-ring (bicyclic) bond motifs is 1. The van der Waals surface area contributed by atoms with E-state index in [-0.39, 0.29) is 10.7 Å². The fraction of sp³-hybridized carbons (Fsp3) is 0. The minimum Gasteiger partial charge on any atom is -0.278 e. The summed E-state index contributed by atoms with van der Waals surface area (Å²) < 4.78 is 43.1. The van der Waals surface area contributed by atoms with Crippen LogP contribution in [0.3, 0.4) is 0 Å². The van der Waals surface area contributed by atoms with Crippen molar-refractivity contribution >= 4 is 42.5 Å². The molecule has 0 spiro atoms. The number of benzene rings is 3. The maximum atomic E-state index is 13.2. The molecule has 1 heterocycles. The van der Waals surface area contributed by atoms with E-state index >= 15 is 0 Å². The molecule has 8 heteroatoms. The molecule has 0 aliphatic carbocycles. The number of rotatable bonds is 4. The van der Waals surface area contributed by atoms with E-state index in [9.17, 15) is 12.8 Å². The van der Waals surface area contributed by atoms with Gasteiger partial charge in [0, 0.05) is 9.86 Å². The summed E-state index contributed by atoms with van der Waals surface area (Å²) >= 11 is 3.42. The number of nitrogens with one attached hydrogen (secondary N) is 1. The molecule has 4 rings (SSSR count). The lowest BCUT2D eigenvalue weighted by atomic mass is 10.2. The van der Waals surface area contributed by atoms with Gasteiger partial charge in [-0.1, -0.05) is 18.2 Å². The zero-order valence-corrected chi connectivity index (χ0v) is 16.2. The second kappa shape index (κ2) is 6.79. The van der Waals surface area contributed by atoms with E-state index < -0.39 is 10.0 Å². The molecule has 0 saturated heterocycles. The van der Waals surface area contributed by atoms with Crippen LogP contribution in [-0.4, -0.2) is 18.2 Å². The summed E-state index contributed by atoms with van der Waals surface area (Å²) in [6, 6.07) is 17.6. The number of nitrogens with zero attached hydrogens (tertiary/aromatic N) is 2. The Bertz CT molecular complexity index is 1220. The fourth-order valence-electron chi connectivity index (χ4n) is 2.72. The second-order valence-corrected chi connectivity index (χ2v) is 8.38. The van der Waals surface area contributed by atoms with Crippen LogP contribution < -0.4 is 4.72 Å². The summed E-state index contributed by atoms with van der Waals surface area (Å²) in [6.07, 6.45) is 1.63. The van der Waals surface area contributed by atoms with Crippen LogP contribution in [0.2, 0.25) is 0 Å². The maximum Gasteiger partial charge on any atom is 0.261 e. The first-order valence-electron chi connectivity index (χ1n) is 7.95. The summed E-state index contributed by atoms with van der Waals surface area (Å²) in [5.41, 5.74) is 1.87. The van der Waals surface area contributed by atoms with E-state index in [1.807, 2.05) is 0 Å². The Morgan fingerprint density at radius 3 is 2.41 bits per heavy atom. The maximum absolute atomic E-state index is 13.2. The van der Waals surface area contributed by atoms with Crippen molar-refractivity contribution in [1.29, 1.82) is 0 Å². The average molecular weight is 446 g/mol. The number of anilines is 1. The topological polar surface area (TPSA) is 64.0 Å². The summed E-state index contributed by atoms with van der Waals surface area (Å²) in [6.45, 7) is 0. The number of aromatic nitrogens is 2. The van der Waals surface area contributed by atoms with Crippen molar-refractivity contribution in [2.75, 3.05) is 4.72 Å². The predicted octanol–water partition coefficient (Wildman–Crippen LogP) is 4.73. The molecule has 0 bridgehead atoms. The standard InChI is InChI=1S/C19H13BrFN3O2S/c20-17-11-19-13(12-22-24(19)15-8-6-14(21)7-9-15)10-18(17)23-27(25,26)16-4-2-1-3-5-16/h1-12,23H.